The molecule has 0 N–H and O–H groups in total. The lowest BCUT2D eigenvalue weighted by molar-refractivity contribution is 1.02. The van der Waals surface area contributed by atoms with Crippen LogP contribution >= 0.6 is 0 Å². The number of hydrogen-bond donors (Lipinski definition) is 0. The van der Waals surface area contributed by atoms with Crippen molar-refractivity contribution in [2.24, 2.45) is 5.92 Å². The standard InChI is InChI=1S/C11H12/c1-9-6-7-11(8-9)10-4-2-3-5-10/h2,4-8,11H,3H2,1H3. The molecule has 0 nitrogen and oxygen atoms in total. The first-order chi connectivity index (χ1) is 5.36. The van der Waals surface area contributed by atoms with E-state index in [1.165, 1.54) is 11.1 Å². The van der Waals surface area contributed by atoms with Crippen LogP contribution in [0.3, 0.4) is 0 Å². The molecule has 0 heterocycles. The van der Waals surface area contributed by atoms with E-state index in [-0.39, 0.29) is 0 Å². The quantitative estimate of drug-likeness (QED) is 0.530. The Labute approximate surface area is 67.6 Å². The minimum Gasteiger partial charge on any atom is -0.0804 e. The molecule has 0 fully saturated rings. The van der Waals surface area contributed by atoms with E-state index in [1.54, 1.807) is 0 Å². The molecule has 0 saturated heterocycles. The summed E-state index contributed by atoms with van der Waals surface area (Å²) in [6.45, 7) is 2.15. The van der Waals surface area contributed by atoms with Gasteiger partial charge in [0.05, 0.1) is 0 Å². The molecule has 0 spiro atoms. The number of allylic oxidation sites excluding steroid dienone is 8. The molecule has 0 bridgehead atoms. The first-order valence-electron chi connectivity index (χ1n) is 4.09. The van der Waals surface area contributed by atoms with Gasteiger partial charge >= 0.3 is 0 Å². The molecule has 56 valence electrons. The summed E-state index contributed by atoms with van der Waals surface area (Å²) >= 11 is 0. The fourth-order valence-electron chi connectivity index (χ4n) is 1.58. The second-order valence-corrected chi connectivity index (χ2v) is 3.14. The van der Waals surface area contributed by atoms with Crippen molar-refractivity contribution in [3.63, 3.8) is 0 Å². The highest BCUT2D eigenvalue weighted by Crippen LogP contribution is 2.26. The predicted molar refractivity (Wildman–Crippen MR) is 48.2 cm³/mol. The molecule has 0 aromatic carbocycles. The summed E-state index contributed by atoms with van der Waals surface area (Å²) in [5, 5.41) is 0. The molecular weight excluding hydrogens is 132 g/mol. The zero-order chi connectivity index (χ0) is 7.68. The lowest BCUT2D eigenvalue weighted by Crippen LogP contribution is -1.89. The molecule has 0 radical (unpaired) electrons. The molecule has 0 heteroatoms. The molecule has 0 aromatic rings. The summed E-state index contributed by atoms with van der Waals surface area (Å²) in [5.74, 6) is 0.564. The molecule has 2 rings (SSSR count). The van der Waals surface area contributed by atoms with E-state index >= 15 is 0 Å². The first-order valence-corrected chi connectivity index (χ1v) is 4.09. The third kappa shape index (κ3) is 1.21. The van der Waals surface area contributed by atoms with E-state index in [2.05, 4.69) is 43.4 Å². The van der Waals surface area contributed by atoms with Crippen LogP contribution < -0.4 is 0 Å². The van der Waals surface area contributed by atoms with Crippen LogP contribution in [0.1, 0.15) is 13.3 Å². The summed E-state index contributed by atoms with van der Waals surface area (Å²) in [5.41, 5.74) is 2.84. The van der Waals surface area contributed by atoms with Crippen LogP contribution in [0.5, 0.6) is 0 Å². The van der Waals surface area contributed by atoms with Gasteiger partial charge in [0.15, 0.2) is 0 Å². The Morgan fingerprint density at radius 3 is 2.82 bits per heavy atom. The molecule has 0 amide bonds. The topological polar surface area (TPSA) is 0 Å². The van der Waals surface area contributed by atoms with E-state index < -0.39 is 0 Å². The Kier molecular flexibility index (Phi) is 1.54. The van der Waals surface area contributed by atoms with Crippen LogP contribution in [-0.2, 0) is 0 Å². The molecule has 1 unspecified atom stereocenters. The van der Waals surface area contributed by atoms with E-state index in [4.69, 9.17) is 0 Å². The maximum Gasteiger partial charge on any atom is 0.0204 e. The van der Waals surface area contributed by atoms with E-state index in [9.17, 15) is 0 Å². The van der Waals surface area contributed by atoms with Gasteiger partial charge in [-0.2, -0.15) is 0 Å². The Morgan fingerprint density at radius 1 is 1.36 bits per heavy atom. The van der Waals surface area contributed by atoms with Gasteiger partial charge in [0, 0.05) is 5.92 Å². The van der Waals surface area contributed by atoms with Gasteiger partial charge in [-0.3, -0.25) is 0 Å². The van der Waals surface area contributed by atoms with Crippen molar-refractivity contribution in [2.75, 3.05) is 0 Å². The van der Waals surface area contributed by atoms with Gasteiger partial charge < -0.3 is 0 Å². The van der Waals surface area contributed by atoms with Crippen molar-refractivity contribution in [3.8, 4) is 0 Å². The van der Waals surface area contributed by atoms with Gasteiger partial charge in [0.25, 0.3) is 0 Å². The zero-order valence-corrected chi connectivity index (χ0v) is 6.75. The van der Waals surface area contributed by atoms with Gasteiger partial charge in [-0.1, -0.05) is 42.0 Å². The van der Waals surface area contributed by atoms with Gasteiger partial charge in [-0.15, -0.1) is 0 Å². The number of rotatable bonds is 1. The molecule has 0 saturated carbocycles. The predicted octanol–water partition coefficient (Wildman–Crippen LogP) is 3.01. The van der Waals surface area contributed by atoms with Gasteiger partial charge in [0.1, 0.15) is 0 Å². The van der Waals surface area contributed by atoms with Crippen LogP contribution in [0.25, 0.3) is 0 Å². The molecule has 0 aliphatic heterocycles. The lowest BCUT2D eigenvalue weighted by atomic mass is 10.0. The van der Waals surface area contributed by atoms with Crippen molar-refractivity contribution in [1.82, 2.24) is 0 Å². The van der Waals surface area contributed by atoms with E-state index in [1.807, 2.05) is 0 Å². The fourth-order valence-corrected chi connectivity index (χ4v) is 1.58. The van der Waals surface area contributed by atoms with Crippen LogP contribution in [0, 0.1) is 5.92 Å². The summed E-state index contributed by atoms with van der Waals surface area (Å²) in [4.78, 5) is 0. The maximum atomic E-state index is 2.31. The van der Waals surface area contributed by atoms with Crippen LogP contribution in [-0.4, -0.2) is 0 Å². The summed E-state index contributed by atoms with van der Waals surface area (Å²) in [6.07, 6.45) is 14.6. The van der Waals surface area contributed by atoms with Gasteiger partial charge in [0.2, 0.25) is 0 Å². The molecule has 11 heavy (non-hydrogen) atoms. The molecule has 1 atom stereocenters. The van der Waals surface area contributed by atoms with Gasteiger partial charge in [-0.05, 0) is 18.9 Å². The summed E-state index contributed by atoms with van der Waals surface area (Å²) < 4.78 is 0. The summed E-state index contributed by atoms with van der Waals surface area (Å²) in [6, 6.07) is 0. The number of hydrogen-bond acceptors (Lipinski definition) is 0. The van der Waals surface area contributed by atoms with Crippen LogP contribution in [0.2, 0.25) is 0 Å². The highest BCUT2D eigenvalue weighted by atomic mass is 14.2. The lowest BCUT2D eigenvalue weighted by Gasteiger charge is -2.02. The molecular formula is C11H12. The normalized spacial score (nSPS) is 27.5. The maximum absolute atomic E-state index is 2.31. The average Bonchev–Trinajstić information content (AvgIpc) is 2.55. The minimum absolute atomic E-state index is 0.564. The Bertz CT molecular complexity index is 274. The van der Waals surface area contributed by atoms with Crippen molar-refractivity contribution in [2.45, 2.75) is 13.3 Å². The Balaban J connectivity index is 2.19. The van der Waals surface area contributed by atoms with Crippen molar-refractivity contribution < 1.29 is 0 Å². The third-order valence-electron chi connectivity index (χ3n) is 2.19. The smallest absolute Gasteiger partial charge is 0.0204 e. The van der Waals surface area contributed by atoms with Crippen molar-refractivity contribution in [3.05, 3.63) is 47.6 Å². The zero-order valence-electron chi connectivity index (χ0n) is 6.75. The van der Waals surface area contributed by atoms with E-state index in [0.29, 0.717) is 5.92 Å². The third-order valence-corrected chi connectivity index (χ3v) is 2.19. The minimum atomic E-state index is 0.564. The van der Waals surface area contributed by atoms with Crippen LogP contribution in [0.4, 0.5) is 0 Å². The second-order valence-electron chi connectivity index (χ2n) is 3.14. The fraction of sp³-hybridized carbons (Fsp3) is 0.273. The van der Waals surface area contributed by atoms with Crippen molar-refractivity contribution in [1.29, 1.82) is 0 Å². The highest BCUT2D eigenvalue weighted by molar-refractivity contribution is 5.41. The van der Waals surface area contributed by atoms with Crippen LogP contribution in [0.15, 0.2) is 47.6 Å². The molecule has 2 aliphatic carbocycles. The van der Waals surface area contributed by atoms with Gasteiger partial charge in [-0.25, -0.2) is 0 Å². The first kappa shape index (κ1) is 6.66. The largest absolute Gasteiger partial charge is 0.0804 e. The average molecular weight is 144 g/mol. The second kappa shape index (κ2) is 2.54. The Hall–Kier alpha value is -1.04. The Morgan fingerprint density at radius 2 is 2.27 bits per heavy atom. The SMILES string of the molecule is CC1=CC(C2=CCC=C2)C=C1. The molecule has 2 aliphatic rings. The van der Waals surface area contributed by atoms with E-state index in [0.717, 1.165) is 6.42 Å². The molecule has 0 aromatic heterocycles. The summed E-state index contributed by atoms with van der Waals surface area (Å²) in [7, 11) is 0. The highest BCUT2D eigenvalue weighted by Gasteiger charge is 2.11. The van der Waals surface area contributed by atoms with Crippen molar-refractivity contribution >= 4 is 0 Å². The monoisotopic (exact) mass is 144 g/mol.